The maximum absolute atomic E-state index is 12.1. The van der Waals surface area contributed by atoms with E-state index in [0.29, 0.717) is 25.7 Å². The van der Waals surface area contributed by atoms with Crippen LogP contribution in [-0.2, 0) is 9.59 Å². The molecular weight excluding hydrogens is 304 g/mol. The number of carboxylic acid groups (broad SMARTS) is 2. The van der Waals surface area contributed by atoms with Gasteiger partial charge < -0.3 is 10.2 Å². The van der Waals surface area contributed by atoms with E-state index in [1.165, 1.54) is 0 Å². The van der Waals surface area contributed by atoms with Gasteiger partial charge in [-0.05, 0) is 49.4 Å². The highest BCUT2D eigenvalue weighted by atomic mass is 16.4. The van der Waals surface area contributed by atoms with E-state index in [1.807, 2.05) is 0 Å². The highest BCUT2D eigenvalue weighted by Gasteiger charge is 2.39. The van der Waals surface area contributed by atoms with E-state index in [4.69, 9.17) is 5.11 Å². The summed E-state index contributed by atoms with van der Waals surface area (Å²) in [7, 11) is 0. The average Bonchev–Trinajstić information content (AvgIpc) is 2.38. The first kappa shape index (κ1) is 22.9. The molecule has 0 aliphatic heterocycles. The molecule has 0 heterocycles. The Morgan fingerprint density at radius 1 is 0.667 bits per heavy atom. The molecule has 0 spiro atoms. The topological polar surface area (TPSA) is 74.6 Å². The lowest BCUT2D eigenvalue weighted by Gasteiger charge is -2.34. The van der Waals surface area contributed by atoms with Crippen molar-refractivity contribution in [3.8, 4) is 0 Å². The first-order chi connectivity index (χ1) is 10.8. The van der Waals surface area contributed by atoms with E-state index in [2.05, 4.69) is 41.5 Å². The first-order valence-electron chi connectivity index (χ1n) is 9.23. The summed E-state index contributed by atoms with van der Waals surface area (Å²) in [6, 6.07) is 0. The van der Waals surface area contributed by atoms with Crippen molar-refractivity contribution in [1.82, 2.24) is 0 Å². The molecule has 0 radical (unpaired) electrons. The average molecular weight is 343 g/mol. The van der Waals surface area contributed by atoms with Crippen LogP contribution >= 0.6 is 0 Å². The van der Waals surface area contributed by atoms with E-state index in [9.17, 15) is 14.7 Å². The summed E-state index contributed by atoms with van der Waals surface area (Å²) in [4.78, 5) is 22.7. The highest BCUT2D eigenvalue weighted by Crippen LogP contribution is 2.42. The van der Waals surface area contributed by atoms with Crippen molar-refractivity contribution in [2.45, 2.75) is 99.3 Å². The van der Waals surface area contributed by atoms with Gasteiger partial charge in [0.05, 0.1) is 5.41 Å². The van der Waals surface area contributed by atoms with E-state index in [-0.39, 0.29) is 17.3 Å². The van der Waals surface area contributed by atoms with Gasteiger partial charge in [-0.3, -0.25) is 9.59 Å². The standard InChI is InChI=1S/C20H38O4/c1-18(2,3)12-14-20(17(23)24,15-13-19(4,5)6)11-9-7-8-10-16(21)22/h7-15H2,1-6H3,(H,21,22)(H,23,24). The van der Waals surface area contributed by atoms with Crippen LogP contribution < -0.4 is 0 Å². The molecule has 0 aliphatic rings. The lowest BCUT2D eigenvalue weighted by atomic mass is 9.69. The number of hydrogen-bond donors (Lipinski definition) is 2. The Balaban J connectivity index is 4.92. The number of unbranched alkanes of at least 4 members (excludes halogenated alkanes) is 2. The molecule has 0 fully saturated rings. The molecule has 0 saturated carbocycles. The van der Waals surface area contributed by atoms with Gasteiger partial charge in [0.2, 0.25) is 0 Å². The maximum Gasteiger partial charge on any atom is 0.309 e. The van der Waals surface area contributed by atoms with Gasteiger partial charge in [-0.2, -0.15) is 0 Å². The normalized spacial score (nSPS) is 13.1. The zero-order valence-electron chi connectivity index (χ0n) is 16.6. The lowest BCUT2D eigenvalue weighted by molar-refractivity contribution is -0.151. The third-order valence-electron chi connectivity index (χ3n) is 4.71. The molecule has 142 valence electrons. The summed E-state index contributed by atoms with van der Waals surface area (Å²) < 4.78 is 0. The van der Waals surface area contributed by atoms with Crippen LogP contribution in [0.25, 0.3) is 0 Å². The van der Waals surface area contributed by atoms with Crippen molar-refractivity contribution in [3.63, 3.8) is 0 Å². The number of rotatable bonds is 11. The van der Waals surface area contributed by atoms with Gasteiger partial charge in [-0.25, -0.2) is 0 Å². The zero-order valence-corrected chi connectivity index (χ0v) is 16.6. The predicted molar refractivity (Wildman–Crippen MR) is 98.2 cm³/mol. The quantitative estimate of drug-likeness (QED) is 0.469. The molecule has 0 aromatic rings. The van der Waals surface area contributed by atoms with Crippen molar-refractivity contribution >= 4 is 11.9 Å². The minimum atomic E-state index is -0.778. The van der Waals surface area contributed by atoms with Crippen LogP contribution in [0.5, 0.6) is 0 Å². The van der Waals surface area contributed by atoms with Crippen LogP contribution in [0.3, 0.4) is 0 Å². The fourth-order valence-electron chi connectivity index (χ4n) is 2.84. The number of hydrogen-bond acceptors (Lipinski definition) is 2. The van der Waals surface area contributed by atoms with Crippen molar-refractivity contribution in [2.24, 2.45) is 16.2 Å². The molecule has 0 aromatic heterocycles. The van der Waals surface area contributed by atoms with Crippen LogP contribution in [0.4, 0.5) is 0 Å². The molecule has 0 bridgehead atoms. The Labute approximate surface area is 148 Å². The fourth-order valence-corrected chi connectivity index (χ4v) is 2.84. The van der Waals surface area contributed by atoms with Crippen LogP contribution in [0.2, 0.25) is 0 Å². The molecule has 0 amide bonds. The molecule has 0 unspecified atom stereocenters. The SMILES string of the molecule is CC(C)(C)CCC(CCCCCC(=O)O)(CCC(C)(C)C)C(=O)O. The van der Waals surface area contributed by atoms with Crippen LogP contribution in [0.1, 0.15) is 99.3 Å². The Morgan fingerprint density at radius 2 is 1.12 bits per heavy atom. The first-order valence-corrected chi connectivity index (χ1v) is 9.23. The van der Waals surface area contributed by atoms with Gasteiger partial charge >= 0.3 is 11.9 Å². The summed E-state index contributed by atoms with van der Waals surface area (Å²) in [5, 5.41) is 18.7. The zero-order chi connectivity index (χ0) is 19.0. The van der Waals surface area contributed by atoms with Crippen LogP contribution in [-0.4, -0.2) is 22.2 Å². The molecule has 0 aliphatic carbocycles. The van der Waals surface area contributed by atoms with Gasteiger partial charge in [0.15, 0.2) is 0 Å². The summed E-state index contributed by atoms with van der Waals surface area (Å²) in [5.41, 5.74) is -0.443. The van der Waals surface area contributed by atoms with Crippen LogP contribution in [0, 0.1) is 16.2 Å². The van der Waals surface area contributed by atoms with E-state index >= 15 is 0 Å². The molecule has 24 heavy (non-hydrogen) atoms. The largest absolute Gasteiger partial charge is 0.481 e. The molecule has 0 atom stereocenters. The summed E-state index contributed by atoms with van der Waals surface area (Å²) in [6.07, 6.45) is 6.18. The van der Waals surface area contributed by atoms with E-state index in [1.54, 1.807) is 0 Å². The minimum absolute atomic E-state index is 0.117. The monoisotopic (exact) mass is 342 g/mol. The van der Waals surface area contributed by atoms with Gasteiger partial charge in [0.1, 0.15) is 0 Å². The molecule has 4 nitrogen and oxygen atoms in total. The van der Waals surface area contributed by atoms with Crippen molar-refractivity contribution in [3.05, 3.63) is 0 Å². The van der Waals surface area contributed by atoms with Crippen molar-refractivity contribution < 1.29 is 19.8 Å². The molecule has 4 heteroatoms. The smallest absolute Gasteiger partial charge is 0.309 e. The maximum atomic E-state index is 12.1. The molecule has 0 rings (SSSR count). The predicted octanol–water partition coefficient (Wildman–Crippen LogP) is 5.75. The van der Waals surface area contributed by atoms with E-state index < -0.39 is 17.4 Å². The van der Waals surface area contributed by atoms with Crippen molar-refractivity contribution in [1.29, 1.82) is 0 Å². The lowest BCUT2D eigenvalue weighted by Crippen LogP contribution is -2.33. The Hall–Kier alpha value is -1.06. The molecule has 2 N–H and O–H groups in total. The second kappa shape index (κ2) is 9.43. The highest BCUT2D eigenvalue weighted by molar-refractivity contribution is 5.74. The second-order valence-electron chi connectivity index (χ2n) is 9.66. The van der Waals surface area contributed by atoms with Gasteiger partial charge in [-0.1, -0.05) is 54.4 Å². The van der Waals surface area contributed by atoms with Crippen molar-refractivity contribution in [2.75, 3.05) is 0 Å². The summed E-state index contributed by atoms with van der Waals surface area (Å²) >= 11 is 0. The number of aliphatic carboxylic acids is 2. The Kier molecular flexibility index (Phi) is 9.01. The van der Waals surface area contributed by atoms with Gasteiger partial charge in [0.25, 0.3) is 0 Å². The minimum Gasteiger partial charge on any atom is -0.481 e. The second-order valence-corrected chi connectivity index (χ2v) is 9.66. The third kappa shape index (κ3) is 10.7. The molecule has 0 aromatic carbocycles. The summed E-state index contributed by atoms with van der Waals surface area (Å²) in [5.74, 6) is -1.46. The Bertz CT molecular complexity index is 381. The van der Waals surface area contributed by atoms with Gasteiger partial charge in [-0.15, -0.1) is 0 Å². The molecular formula is C20H38O4. The van der Waals surface area contributed by atoms with Gasteiger partial charge in [0, 0.05) is 6.42 Å². The summed E-state index contributed by atoms with van der Waals surface area (Å²) in [6.45, 7) is 12.9. The Morgan fingerprint density at radius 3 is 1.46 bits per heavy atom. The number of carbonyl (C=O) groups is 2. The third-order valence-corrected chi connectivity index (χ3v) is 4.71. The van der Waals surface area contributed by atoms with Crippen LogP contribution in [0.15, 0.2) is 0 Å². The molecule has 0 saturated heterocycles. The van der Waals surface area contributed by atoms with E-state index in [0.717, 1.165) is 25.7 Å². The fraction of sp³-hybridized carbons (Fsp3) is 0.900. The number of carboxylic acids is 2.